The summed E-state index contributed by atoms with van der Waals surface area (Å²) in [6, 6.07) is 38.7. The Bertz CT molecular complexity index is 3960. The average Bonchev–Trinajstić information content (AvgIpc) is 3.40. The van der Waals surface area contributed by atoms with Gasteiger partial charge in [-0.05, 0) is 114 Å². The van der Waals surface area contributed by atoms with Gasteiger partial charge in [-0.1, -0.05) is 93.1 Å². The highest BCUT2D eigenvalue weighted by atomic mass is 32.2. The van der Waals surface area contributed by atoms with Crippen LogP contribution in [-0.4, -0.2) is 64.4 Å². The molecule has 7 aromatic rings. The molecule has 410 valence electrons. The summed E-state index contributed by atoms with van der Waals surface area (Å²) in [7, 11) is -13.4. The van der Waals surface area contributed by atoms with Gasteiger partial charge in [0.25, 0.3) is 0 Å². The van der Waals surface area contributed by atoms with Crippen molar-refractivity contribution in [2.24, 2.45) is 10.3 Å². The first-order chi connectivity index (χ1) is 36.9. The first kappa shape index (κ1) is 58.0. The molecule has 1 aromatic heterocycles. The van der Waals surface area contributed by atoms with Crippen LogP contribution in [0.4, 0.5) is 0 Å². The van der Waals surface area contributed by atoms with Crippen molar-refractivity contribution in [3.63, 3.8) is 0 Å². The van der Waals surface area contributed by atoms with E-state index in [2.05, 4.69) is 15.8 Å². The monoisotopic (exact) mass is 1140 g/mol. The van der Waals surface area contributed by atoms with Gasteiger partial charge in [0, 0.05) is 50.0 Å². The number of ketones is 1. The first-order valence-electron chi connectivity index (χ1n) is 23.9. The van der Waals surface area contributed by atoms with E-state index < -0.39 is 41.2 Å². The number of fused-ring (bicyclic) bond motifs is 3. The third-order valence-electron chi connectivity index (χ3n) is 11.6. The lowest BCUT2D eigenvalue weighted by Gasteiger charge is -2.20. The second kappa shape index (κ2) is 24.8. The number of benzene rings is 6. The van der Waals surface area contributed by atoms with Gasteiger partial charge >= 0.3 is 41.2 Å². The molecule has 2 aliphatic rings. The minimum absolute atomic E-state index is 0.00152. The summed E-state index contributed by atoms with van der Waals surface area (Å²) in [5.41, 5.74) is 6.38. The number of allylic oxidation sites excluding steroid dienone is 3. The quantitative estimate of drug-likeness (QED) is 0.0792. The van der Waals surface area contributed by atoms with E-state index >= 15 is 0 Å². The van der Waals surface area contributed by atoms with Gasteiger partial charge in [-0.25, -0.2) is 0 Å². The zero-order chi connectivity index (χ0) is 56.4. The Labute approximate surface area is 452 Å². The van der Waals surface area contributed by atoms with Crippen LogP contribution < -0.4 is 41.9 Å². The van der Waals surface area contributed by atoms with Crippen molar-refractivity contribution in [1.82, 2.24) is 9.03 Å². The number of hydrogen-bond donors (Lipinski definition) is 3. The van der Waals surface area contributed by atoms with E-state index in [9.17, 15) is 43.3 Å². The zero-order valence-electron chi connectivity index (χ0n) is 42.4. The molecule has 0 fully saturated rings. The van der Waals surface area contributed by atoms with Gasteiger partial charge in [0.15, 0.2) is 17.0 Å². The second-order valence-electron chi connectivity index (χ2n) is 17.3. The van der Waals surface area contributed by atoms with Gasteiger partial charge < -0.3 is 25.9 Å². The minimum Gasteiger partial charge on any atom is -0.456 e. The van der Waals surface area contributed by atoms with Crippen LogP contribution in [0.5, 0.6) is 28.7 Å². The molecule has 0 unspecified atom stereocenters. The zero-order valence-corrected chi connectivity index (χ0v) is 45.7. The lowest BCUT2D eigenvalue weighted by molar-refractivity contribution is 0.104. The topological polar surface area (TPSA) is 297 Å². The highest BCUT2D eigenvalue weighted by molar-refractivity contribution is 7.85. The lowest BCUT2D eigenvalue weighted by atomic mass is 9.87. The number of nitrogens with zero attached hydrogens (tertiary/aromatic N) is 1. The number of nitrogens with two attached hydrogens (primary N) is 2. The van der Waals surface area contributed by atoms with Crippen LogP contribution in [0.2, 0.25) is 0 Å². The molecule has 0 radical (unpaired) electrons. The molecular formula is C54H54N4O16S4. The van der Waals surface area contributed by atoms with E-state index in [-0.39, 0.29) is 39.8 Å². The molecule has 9 rings (SSSR count). The Kier molecular flexibility index (Phi) is 18.4. The van der Waals surface area contributed by atoms with Gasteiger partial charge in [0.2, 0.25) is 0 Å². The van der Waals surface area contributed by atoms with Crippen LogP contribution in [0.3, 0.4) is 0 Å². The predicted molar refractivity (Wildman–Crippen MR) is 295 cm³/mol. The van der Waals surface area contributed by atoms with Crippen molar-refractivity contribution in [3.05, 3.63) is 195 Å². The standard InChI is InChI=1S/C20H21NO4S.C19H19NO5S.C15H14N2O7S2/c1-3-11-21(2)26(23,24)25-18-9-10-19-17(13-18)12-16(14-20(19)22)15-7-5-4-6-8-15;1-3-6-13-7-4-5-8-15(13)19-12-17(21)16-10-9-14(11-18(16)24-19)25-26(22,23)20-2;16-25(18,19)23-11-7-5-10-6-8-13(22-15(10)9-11)12-3-1-2-4-14(12)24-26(17,20)21/h4-10,13-14H,3,11-12H2,1-2H3;4-5,7-12,20H,3,6H2,1-2H3;1-5,7-9H,6H2,(H2,16,18,19)(H2,17,20,21). The molecule has 0 saturated carbocycles. The summed E-state index contributed by atoms with van der Waals surface area (Å²) in [5, 5.41) is 10.1. The van der Waals surface area contributed by atoms with Crippen molar-refractivity contribution >= 4 is 69.3 Å². The van der Waals surface area contributed by atoms with E-state index in [1.165, 1.54) is 66.9 Å². The maximum absolute atomic E-state index is 12.5. The largest absolute Gasteiger partial charge is 0.456 e. The Morgan fingerprint density at radius 3 is 1.97 bits per heavy atom. The molecule has 5 N–H and O–H groups in total. The van der Waals surface area contributed by atoms with E-state index in [0.717, 1.165) is 46.2 Å². The van der Waals surface area contributed by atoms with Crippen LogP contribution >= 0.6 is 0 Å². The Morgan fingerprint density at radius 2 is 1.28 bits per heavy atom. The fourth-order valence-corrected chi connectivity index (χ4v) is 10.2. The minimum atomic E-state index is -4.21. The molecular weight excluding hydrogens is 1090 g/mol. The third-order valence-corrected chi connectivity index (χ3v) is 14.7. The number of aryl methyl sites for hydroxylation is 1. The first-order valence-corrected chi connectivity index (χ1v) is 29.6. The molecule has 6 aromatic carbocycles. The highest BCUT2D eigenvalue weighted by Crippen LogP contribution is 2.37. The molecule has 1 aliphatic carbocycles. The van der Waals surface area contributed by atoms with Crippen LogP contribution in [-0.2, 0) is 60.5 Å². The molecule has 0 spiro atoms. The number of ether oxygens (including phenoxy) is 1. The fourth-order valence-electron chi connectivity index (χ4n) is 8.07. The molecule has 78 heavy (non-hydrogen) atoms. The molecule has 0 amide bonds. The fraction of sp³-hybridized carbons (Fsp3) is 0.185. The van der Waals surface area contributed by atoms with Crippen LogP contribution in [0.15, 0.2) is 161 Å². The molecule has 24 heteroatoms. The summed E-state index contributed by atoms with van der Waals surface area (Å²) < 4.78 is 127. The summed E-state index contributed by atoms with van der Waals surface area (Å²) in [6.07, 6.45) is 6.91. The summed E-state index contributed by atoms with van der Waals surface area (Å²) in [4.78, 5) is 24.9. The normalized spacial score (nSPS) is 13.2. The number of hydrogen-bond acceptors (Lipinski definition) is 16. The Balaban J connectivity index is 0.000000170. The smallest absolute Gasteiger partial charge is 0.384 e. The average molecular weight is 1140 g/mol. The van der Waals surface area contributed by atoms with Crippen LogP contribution in [0.25, 0.3) is 33.6 Å². The lowest BCUT2D eigenvalue weighted by Crippen LogP contribution is -2.31. The van der Waals surface area contributed by atoms with Crippen molar-refractivity contribution in [2.45, 2.75) is 46.0 Å². The van der Waals surface area contributed by atoms with Crippen molar-refractivity contribution in [1.29, 1.82) is 0 Å². The van der Waals surface area contributed by atoms with E-state index in [1.807, 2.05) is 61.5 Å². The molecule has 1 aliphatic heterocycles. The van der Waals surface area contributed by atoms with E-state index in [4.69, 9.17) is 32.0 Å². The van der Waals surface area contributed by atoms with Crippen molar-refractivity contribution in [3.8, 4) is 40.1 Å². The maximum Gasteiger partial charge on any atom is 0.384 e. The number of nitrogens with one attached hydrogen (secondary N) is 1. The number of carbonyl (C=O) groups is 1. The van der Waals surface area contributed by atoms with Gasteiger partial charge in [-0.15, -0.1) is 0 Å². The van der Waals surface area contributed by atoms with E-state index in [1.54, 1.807) is 48.6 Å². The SMILES string of the molecule is CCCN(C)S(=O)(=O)Oc1ccc2c(c1)CC(c1ccccc1)=CC2=O.CCCc1ccccc1-c1cc(=O)c2ccc(OS(=O)(=O)NC)cc2o1.NS(=O)(=O)Oc1ccc2c(c1)OC(c1ccccc1OS(N)(=O)=O)=CC2. The van der Waals surface area contributed by atoms with Gasteiger partial charge in [-0.2, -0.15) is 53.0 Å². The summed E-state index contributed by atoms with van der Waals surface area (Å²) in [5.74, 6) is 1.30. The highest BCUT2D eigenvalue weighted by Gasteiger charge is 2.24. The van der Waals surface area contributed by atoms with Crippen molar-refractivity contribution < 1.29 is 64.4 Å². The maximum atomic E-state index is 12.5. The number of para-hydroxylation sites is 1. The summed E-state index contributed by atoms with van der Waals surface area (Å²) >= 11 is 0. The van der Waals surface area contributed by atoms with Crippen molar-refractivity contribution in [2.75, 3.05) is 20.6 Å². The second-order valence-corrected chi connectivity index (χ2v) is 22.8. The van der Waals surface area contributed by atoms with Gasteiger partial charge in [-0.3, -0.25) is 9.59 Å². The van der Waals surface area contributed by atoms with Gasteiger partial charge in [0.05, 0.1) is 10.9 Å². The Morgan fingerprint density at radius 1 is 0.641 bits per heavy atom. The molecule has 2 heterocycles. The van der Waals surface area contributed by atoms with Gasteiger partial charge in [0.1, 0.15) is 40.1 Å². The number of rotatable bonds is 17. The molecule has 0 saturated heterocycles. The van der Waals surface area contributed by atoms with Crippen LogP contribution in [0.1, 0.15) is 64.9 Å². The molecule has 0 bridgehead atoms. The predicted octanol–water partition coefficient (Wildman–Crippen LogP) is 7.56. The van der Waals surface area contributed by atoms with Crippen LogP contribution in [0, 0.1) is 0 Å². The Hall–Kier alpha value is -7.68. The summed E-state index contributed by atoms with van der Waals surface area (Å²) in [6.45, 7) is 4.36. The number of carbonyl (C=O) groups excluding carboxylic acids is 1. The third kappa shape index (κ3) is 15.5. The molecule has 0 atom stereocenters. The van der Waals surface area contributed by atoms with E-state index in [0.29, 0.717) is 59.6 Å². The molecule has 20 nitrogen and oxygen atoms in total.